The van der Waals surface area contributed by atoms with E-state index >= 15 is 0 Å². The Morgan fingerprint density at radius 2 is 0.698 bits per heavy atom. The predicted molar refractivity (Wildman–Crippen MR) is 258 cm³/mol. The molecule has 0 aliphatic carbocycles. The van der Waals surface area contributed by atoms with Crippen LogP contribution in [0.25, 0.3) is 0 Å². The third-order valence-corrected chi connectivity index (χ3v) is 12.4. The van der Waals surface area contributed by atoms with Gasteiger partial charge in [-0.15, -0.1) is 0 Å². The lowest BCUT2D eigenvalue weighted by Crippen LogP contribution is -2.36. The van der Waals surface area contributed by atoms with Crippen LogP contribution in [0.4, 0.5) is 0 Å². The Morgan fingerprint density at radius 3 is 0.984 bits per heavy atom. The molecule has 2 atom stereocenters. The summed E-state index contributed by atoms with van der Waals surface area (Å²) in [6.45, 7) is 14.1. The Bertz CT molecular complexity index is 1070. The molecule has 0 saturated heterocycles. The van der Waals surface area contributed by atoms with Gasteiger partial charge in [0.25, 0.3) is 11.9 Å². The summed E-state index contributed by atoms with van der Waals surface area (Å²) in [4.78, 5) is 51.6. The van der Waals surface area contributed by atoms with Crippen molar-refractivity contribution < 1.29 is 45.7 Å². The molecule has 0 spiro atoms. The molecular formula is C52H95AlO10. The van der Waals surface area contributed by atoms with Crippen LogP contribution in [-0.4, -0.2) is 76.3 Å². The molecule has 0 aliphatic heterocycles. The third-order valence-electron chi connectivity index (χ3n) is 10.7. The van der Waals surface area contributed by atoms with E-state index in [0.29, 0.717) is 13.2 Å². The highest BCUT2D eigenvalue weighted by Gasteiger charge is 2.36. The highest BCUT2D eigenvalue weighted by atomic mass is 27.2. The van der Waals surface area contributed by atoms with Crippen molar-refractivity contribution in [2.75, 3.05) is 13.2 Å². The molecule has 0 rings (SSSR count). The number of carbonyl (C=O) groups is 4. The van der Waals surface area contributed by atoms with Crippen molar-refractivity contribution in [2.24, 2.45) is 0 Å². The van der Waals surface area contributed by atoms with Crippen LogP contribution in [0.2, 0.25) is 5.28 Å². The fourth-order valence-corrected chi connectivity index (χ4v) is 8.14. The molecular weight excluding hydrogens is 812 g/mol. The fraction of sp³-hybridized carbons (Fsp3) is 0.846. The molecule has 0 aromatic heterocycles. The van der Waals surface area contributed by atoms with Crippen LogP contribution in [-0.2, 0) is 45.7 Å². The van der Waals surface area contributed by atoms with E-state index in [-0.39, 0.29) is 17.5 Å². The van der Waals surface area contributed by atoms with E-state index in [1.165, 1.54) is 128 Å². The van der Waals surface area contributed by atoms with Crippen molar-refractivity contribution in [2.45, 2.75) is 271 Å². The zero-order valence-electron chi connectivity index (χ0n) is 41.6. The number of unbranched alkanes of at least 4 members (excludes halogenated alkanes) is 24. The van der Waals surface area contributed by atoms with Gasteiger partial charge < -0.3 is 26.5 Å². The van der Waals surface area contributed by atoms with Gasteiger partial charge in [0, 0.05) is 0 Å². The van der Waals surface area contributed by atoms with Crippen molar-refractivity contribution >= 4 is 38.3 Å². The number of hydrogen-bond donors (Lipinski definition) is 0. The molecule has 0 aliphatic rings. The lowest BCUT2D eigenvalue weighted by molar-refractivity contribution is -0.182. The van der Waals surface area contributed by atoms with Crippen molar-refractivity contribution in [3.63, 3.8) is 0 Å². The van der Waals surface area contributed by atoms with Crippen LogP contribution >= 0.6 is 0 Å². The summed E-state index contributed by atoms with van der Waals surface area (Å²) in [6, 6.07) is 0. The number of Topliss-reactive ketones (excluding diaryl/α,β-unsaturated/α-hetero) is 2. The fourth-order valence-electron chi connectivity index (χ4n) is 7.01. The second-order valence-electron chi connectivity index (χ2n) is 17.8. The van der Waals surface area contributed by atoms with E-state index in [9.17, 15) is 19.2 Å². The van der Waals surface area contributed by atoms with Gasteiger partial charge in [0.1, 0.15) is 12.8 Å². The second-order valence-corrected chi connectivity index (χ2v) is 19.9. The zero-order valence-corrected chi connectivity index (χ0v) is 42.8. The minimum atomic E-state index is -2.86. The molecule has 0 aromatic carbocycles. The molecule has 2 unspecified atom stereocenters. The summed E-state index contributed by atoms with van der Waals surface area (Å²) in [5, 5.41) is 0.274. The first-order valence-corrected chi connectivity index (χ1v) is 27.6. The van der Waals surface area contributed by atoms with Gasteiger partial charge in [-0.25, -0.2) is 0 Å². The molecule has 0 fully saturated rings. The molecule has 0 saturated carbocycles. The summed E-state index contributed by atoms with van der Waals surface area (Å²) in [5.41, 5.74) is 0. The van der Waals surface area contributed by atoms with Gasteiger partial charge in [-0.05, 0) is 97.2 Å². The Labute approximate surface area is 391 Å². The summed E-state index contributed by atoms with van der Waals surface area (Å²) < 4.78 is 33.9. The van der Waals surface area contributed by atoms with Gasteiger partial charge in [0.15, 0.2) is 11.6 Å². The standard InChI is InChI=1S/2C25H46O5.C2H5.Al/c2*1-4-5-6-7-8-9-10-11-12-13-14-15-16-17-18-19-20-29-25(30-22(2)3)23(26)21-24(27)28;1-2;/h2*11-12,22,25H,4-10,13-21H2,1-3H3,(H,27,28);1H2,2H3;/q;;;+2/p-2/b2*12-11-;;. The van der Waals surface area contributed by atoms with Crippen LogP contribution < -0.4 is 0 Å². The first kappa shape index (κ1) is 61.1. The third kappa shape index (κ3) is 41.3. The van der Waals surface area contributed by atoms with Gasteiger partial charge in [-0.1, -0.05) is 161 Å². The number of ketones is 2. The summed E-state index contributed by atoms with van der Waals surface area (Å²) in [5.74, 6) is -2.71. The summed E-state index contributed by atoms with van der Waals surface area (Å²) in [6.07, 6.45) is 38.9. The lowest BCUT2D eigenvalue weighted by Gasteiger charge is -2.21. The molecule has 0 aromatic rings. The molecule has 63 heavy (non-hydrogen) atoms. The number of hydrogen-bond acceptors (Lipinski definition) is 10. The first-order chi connectivity index (χ1) is 30.5. The molecule has 0 heterocycles. The Hall–Kier alpha value is -1.87. The number of ether oxygens (including phenoxy) is 4. The van der Waals surface area contributed by atoms with Crippen molar-refractivity contribution in [1.29, 1.82) is 0 Å². The molecule has 0 N–H and O–H groups in total. The quantitative estimate of drug-likeness (QED) is 0.0192. The minimum Gasteiger partial charge on any atom is -0.585 e. The molecule has 366 valence electrons. The van der Waals surface area contributed by atoms with Crippen LogP contribution in [0.3, 0.4) is 0 Å². The van der Waals surface area contributed by atoms with E-state index in [1.54, 1.807) is 34.6 Å². The van der Waals surface area contributed by atoms with Gasteiger partial charge in [0.2, 0.25) is 12.6 Å². The predicted octanol–water partition coefficient (Wildman–Crippen LogP) is 14.1. The maximum Gasteiger partial charge on any atom is 0.860 e. The van der Waals surface area contributed by atoms with E-state index in [1.807, 2.05) is 0 Å². The smallest absolute Gasteiger partial charge is 0.585 e. The van der Waals surface area contributed by atoms with E-state index in [0.717, 1.165) is 51.4 Å². The topological polar surface area (TPSA) is 124 Å². The van der Waals surface area contributed by atoms with Gasteiger partial charge in [-0.2, -0.15) is 0 Å². The molecule has 10 nitrogen and oxygen atoms in total. The molecule has 0 bridgehead atoms. The van der Waals surface area contributed by atoms with Crippen LogP contribution in [0, 0.1) is 0 Å². The van der Waals surface area contributed by atoms with Crippen molar-refractivity contribution in [3.05, 3.63) is 24.3 Å². The largest absolute Gasteiger partial charge is 0.860 e. The SMILES string of the molecule is CCCCCCCC/C=C\CCCCCCCCOC(OC(C)C)C(=O)CC(=O)[O][Al]([CH2]C)[O]C(=O)CC(=O)C(OCCCCCCCC/C=C\CCCCCCCC)OC(C)C. The normalized spacial score (nSPS) is 12.8. The van der Waals surface area contributed by atoms with Crippen molar-refractivity contribution in [1.82, 2.24) is 0 Å². The first-order valence-electron chi connectivity index (χ1n) is 25.8. The molecule has 0 amide bonds. The molecule has 0 radical (unpaired) electrons. The Balaban J connectivity index is 4.41. The number of allylic oxidation sites excluding steroid dienone is 4. The van der Waals surface area contributed by atoms with E-state index in [4.69, 9.17) is 26.5 Å². The van der Waals surface area contributed by atoms with E-state index < -0.39 is 63.7 Å². The highest BCUT2D eigenvalue weighted by molar-refractivity contribution is 6.49. The minimum absolute atomic E-state index is 0.274. The molecule has 11 heteroatoms. The van der Waals surface area contributed by atoms with Crippen LogP contribution in [0.15, 0.2) is 24.3 Å². The maximum absolute atomic E-state index is 13.0. The summed E-state index contributed by atoms with van der Waals surface area (Å²) >= 11 is -2.86. The monoisotopic (exact) mass is 907 g/mol. The lowest BCUT2D eigenvalue weighted by atomic mass is 10.1. The number of rotatable bonds is 47. The maximum atomic E-state index is 13.0. The summed E-state index contributed by atoms with van der Waals surface area (Å²) in [7, 11) is 0. The Kier molecular flexibility index (Phi) is 44.0. The van der Waals surface area contributed by atoms with Gasteiger partial charge >= 0.3 is 14.8 Å². The highest BCUT2D eigenvalue weighted by Crippen LogP contribution is 2.15. The van der Waals surface area contributed by atoms with Crippen LogP contribution in [0.5, 0.6) is 0 Å². The van der Waals surface area contributed by atoms with E-state index in [2.05, 4.69) is 38.2 Å². The van der Waals surface area contributed by atoms with Crippen molar-refractivity contribution in [3.8, 4) is 0 Å². The second kappa shape index (κ2) is 45.3. The zero-order chi connectivity index (χ0) is 46.6. The number of carbonyl (C=O) groups excluding carboxylic acids is 4. The average Bonchev–Trinajstić information content (AvgIpc) is 3.24. The van der Waals surface area contributed by atoms with Gasteiger partial charge in [0.05, 0.1) is 25.4 Å². The Morgan fingerprint density at radius 1 is 0.413 bits per heavy atom. The van der Waals surface area contributed by atoms with Crippen LogP contribution in [0.1, 0.15) is 241 Å². The van der Waals surface area contributed by atoms with Gasteiger partial charge in [-0.3, -0.25) is 19.2 Å². The average molecular weight is 907 g/mol.